The number of hydrogen-bond donors (Lipinski definition) is 1. The van der Waals surface area contributed by atoms with E-state index >= 15 is 0 Å². The maximum atomic E-state index is 12.4. The molecule has 1 heterocycles. The summed E-state index contributed by atoms with van der Waals surface area (Å²) < 4.78 is 7.52. The lowest BCUT2D eigenvalue weighted by Crippen LogP contribution is -2.26. The van der Waals surface area contributed by atoms with E-state index in [9.17, 15) is 4.79 Å². The van der Waals surface area contributed by atoms with Gasteiger partial charge in [-0.1, -0.05) is 48.5 Å². The molecule has 0 aliphatic rings. The van der Waals surface area contributed by atoms with E-state index in [0.717, 1.165) is 28.2 Å². The van der Waals surface area contributed by atoms with Gasteiger partial charge in [0, 0.05) is 29.7 Å². The maximum absolute atomic E-state index is 12.4. The van der Waals surface area contributed by atoms with Crippen LogP contribution in [0.4, 0.5) is 0 Å². The van der Waals surface area contributed by atoms with Crippen LogP contribution in [0.15, 0.2) is 65.8 Å². The second kappa shape index (κ2) is 8.67. The molecule has 1 atom stereocenters. The van der Waals surface area contributed by atoms with Gasteiger partial charge in [-0.3, -0.25) is 4.79 Å². The van der Waals surface area contributed by atoms with E-state index in [-0.39, 0.29) is 5.91 Å². The fraction of sp³-hybridized carbons (Fsp3) is 0.217. The number of rotatable bonds is 6. The molecule has 0 fully saturated rings. The van der Waals surface area contributed by atoms with E-state index in [4.69, 9.17) is 4.74 Å². The number of aryl methyl sites for hydroxylation is 2. The minimum Gasteiger partial charge on any atom is -0.367 e. The molecular formula is C23H25N3O2. The molecule has 0 radical (unpaired) electrons. The number of para-hydroxylation sites is 1. The van der Waals surface area contributed by atoms with Crippen LogP contribution in [0.5, 0.6) is 0 Å². The van der Waals surface area contributed by atoms with Gasteiger partial charge in [0.1, 0.15) is 0 Å². The Morgan fingerprint density at radius 2 is 1.75 bits per heavy atom. The molecule has 5 heteroatoms. The van der Waals surface area contributed by atoms with Crippen LogP contribution in [0.2, 0.25) is 0 Å². The SMILES string of the molecule is COC(C(=O)N/N=C/c1cc(C)n(-c2ccccc2C)c1C)c1ccccc1. The Labute approximate surface area is 165 Å². The third-order valence-corrected chi connectivity index (χ3v) is 4.78. The second-order valence-corrected chi connectivity index (χ2v) is 6.71. The number of amides is 1. The van der Waals surface area contributed by atoms with Crippen LogP contribution in [0.25, 0.3) is 5.69 Å². The van der Waals surface area contributed by atoms with Crippen molar-refractivity contribution in [2.45, 2.75) is 26.9 Å². The first kappa shape index (κ1) is 19.6. The molecule has 0 bridgehead atoms. The highest BCUT2D eigenvalue weighted by Gasteiger charge is 2.19. The summed E-state index contributed by atoms with van der Waals surface area (Å²) in [4.78, 5) is 12.4. The van der Waals surface area contributed by atoms with Crippen molar-refractivity contribution in [1.29, 1.82) is 0 Å². The summed E-state index contributed by atoms with van der Waals surface area (Å²) in [7, 11) is 1.51. The van der Waals surface area contributed by atoms with Crippen molar-refractivity contribution in [3.05, 3.63) is 88.7 Å². The zero-order valence-corrected chi connectivity index (χ0v) is 16.6. The first-order chi connectivity index (χ1) is 13.5. The minimum absolute atomic E-state index is 0.308. The highest BCUT2D eigenvalue weighted by atomic mass is 16.5. The Morgan fingerprint density at radius 3 is 2.43 bits per heavy atom. The monoisotopic (exact) mass is 375 g/mol. The smallest absolute Gasteiger partial charge is 0.273 e. The van der Waals surface area contributed by atoms with Gasteiger partial charge >= 0.3 is 0 Å². The van der Waals surface area contributed by atoms with Gasteiger partial charge in [0.2, 0.25) is 0 Å². The van der Waals surface area contributed by atoms with Crippen molar-refractivity contribution in [3.8, 4) is 5.69 Å². The summed E-state index contributed by atoms with van der Waals surface area (Å²) in [6, 6.07) is 19.7. The molecule has 1 amide bonds. The number of carbonyl (C=O) groups excluding carboxylic acids is 1. The van der Waals surface area contributed by atoms with E-state index in [1.807, 2.05) is 49.4 Å². The van der Waals surface area contributed by atoms with E-state index in [2.05, 4.69) is 47.1 Å². The van der Waals surface area contributed by atoms with E-state index in [0.29, 0.717) is 0 Å². The molecule has 5 nitrogen and oxygen atoms in total. The molecule has 2 aromatic carbocycles. The molecule has 3 rings (SSSR count). The topological polar surface area (TPSA) is 55.6 Å². The zero-order chi connectivity index (χ0) is 20.1. The fourth-order valence-electron chi connectivity index (χ4n) is 3.35. The predicted octanol–water partition coefficient (Wildman–Crippen LogP) is 4.24. The third-order valence-electron chi connectivity index (χ3n) is 4.78. The molecule has 1 N–H and O–H groups in total. The molecule has 0 aliphatic heterocycles. The van der Waals surface area contributed by atoms with Crippen LogP contribution in [0.3, 0.4) is 0 Å². The zero-order valence-electron chi connectivity index (χ0n) is 16.6. The summed E-state index contributed by atoms with van der Waals surface area (Å²) in [5, 5.41) is 4.15. The van der Waals surface area contributed by atoms with E-state index in [1.165, 1.54) is 12.7 Å². The Morgan fingerprint density at radius 1 is 1.07 bits per heavy atom. The predicted molar refractivity (Wildman–Crippen MR) is 112 cm³/mol. The van der Waals surface area contributed by atoms with E-state index in [1.54, 1.807) is 6.21 Å². The standard InChI is InChI=1S/C23H25N3O2/c1-16-10-8-9-13-21(16)26-17(2)14-20(18(26)3)15-24-25-23(27)22(28-4)19-11-6-5-7-12-19/h5-15,22H,1-4H3,(H,25,27)/b24-15+. The van der Waals surface area contributed by atoms with Crippen LogP contribution in [-0.2, 0) is 9.53 Å². The molecule has 1 aromatic heterocycles. The second-order valence-electron chi connectivity index (χ2n) is 6.71. The lowest BCUT2D eigenvalue weighted by molar-refractivity contribution is -0.131. The number of methoxy groups -OCH3 is 1. The largest absolute Gasteiger partial charge is 0.367 e. The van der Waals surface area contributed by atoms with Crippen molar-refractivity contribution in [3.63, 3.8) is 0 Å². The number of aromatic nitrogens is 1. The lowest BCUT2D eigenvalue weighted by Gasteiger charge is -2.13. The average molecular weight is 375 g/mol. The molecule has 144 valence electrons. The van der Waals surface area contributed by atoms with Crippen LogP contribution in [0, 0.1) is 20.8 Å². The number of ether oxygens (including phenoxy) is 1. The normalized spacial score (nSPS) is 12.3. The van der Waals surface area contributed by atoms with Crippen LogP contribution in [0.1, 0.15) is 34.2 Å². The van der Waals surface area contributed by atoms with Crippen LogP contribution >= 0.6 is 0 Å². The Balaban J connectivity index is 1.77. The fourth-order valence-corrected chi connectivity index (χ4v) is 3.35. The van der Waals surface area contributed by atoms with Gasteiger partial charge in [-0.05, 0) is 44.0 Å². The Hall–Kier alpha value is -3.18. The van der Waals surface area contributed by atoms with Crippen molar-refractivity contribution in [2.24, 2.45) is 5.10 Å². The lowest BCUT2D eigenvalue weighted by atomic mass is 10.1. The number of hydrazone groups is 1. The van der Waals surface area contributed by atoms with Crippen molar-refractivity contribution >= 4 is 12.1 Å². The number of nitrogens with one attached hydrogen (secondary N) is 1. The molecule has 1 unspecified atom stereocenters. The first-order valence-electron chi connectivity index (χ1n) is 9.18. The van der Waals surface area contributed by atoms with Gasteiger partial charge in [-0.2, -0.15) is 5.10 Å². The summed E-state index contributed by atoms with van der Waals surface area (Å²) in [5.74, 6) is -0.308. The van der Waals surface area contributed by atoms with Crippen LogP contribution in [-0.4, -0.2) is 23.8 Å². The van der Waals surface area contributed by atoms with Crippen molar-refractivity contribution in [1.82, 2.24) is 9.99 Å². The molecular weight excluding hydrogens is 350 g/mol. The Bertz CT molecular complexity index is 990. The van der Waals surface area contributed by atoms with Crippen molar-refractivity contribution < 1.29 is 9.53 Å². The molecule has 28 heavy (non-hydrogen) atoms. The molecule has 3 aromatic rings. The number of carbonyl (C=O) groups is 1. The van der Waals surface area contributed by atoms with Gasteiger partial charge in [0.25, 0.3) is 5.91 Å². The maximum Gasteiger partial charge on any atom is 0.273 e. The number of nitrogens with zero attached hydrogens (tertiary/aromatic N) is 2. The highest BCUT2D eigenvalue weighted by Crippen LogP contribution is 2.22. The van der Waals surface area contributed by atoms with Gasteiger partial charge in [-0.25, -0.2) is 5.43 Å². The molecule has 0 saturated carbocycles. The average Bonchev–Trinajstić information content (AvgIpc) is 2.97. The van der Waals surface area contributed by atoms with Crippen molar-refractivity contribution in [2.75, 3.05) is 7.11 Å². The number of hydrogen-bond acceptors (Lipinski definition) is 3. The molecule has 0 saturated heterocycles. The van der Waals surface area contributed by atoms with E-state index < -0.39 is 6.10 Å². The number of benzene rings is 2. The quantitative estimate of drug-likeness (QED) is 0.517. The van der Waals surface area contributed by atoms with Crippen LogP contribution < -0.4 is 5.43 Å². The summed E-state index contributed by atoms with van der Waals surface area (Å²) in [6.45, 7) is 6.20. The Kier molecular flexibility index (Phi) is 6.06. The minimum atomic E-state index is -0.697. The van der Waals surface area contributed by atoms with Gasteiger partial charge in [-0.15, -0.1) is 0 Å². The van der Waals surface area contributed by atoms with Gasteiger partial charge in [0.05, 0.1) is 6.21 Å². The third kappa shape index (κ3) is 4.05. The summed E-state index contributed by atoms with van der Waals surface area (Å²) in [6.07, 6.45) is 0.977. The highest BCUT2D eigenvalue weighted by molar-refractivity contribution is 5.86. The molecule has 0 spiro atoms. The van der Waals surface area contributed by atoms with Gasteiger partial charge < -0.3 is 9.30 Å². The summed E-state index contributed by atoms with van der Waals surface area (Å²) in [5.41, 5.74) is 8.84. The summed E-state index contributed by atoms with van der Waals surface area (Å²) >= 11 is 0. The van der Waals surface area contributed by atoms with Gasteiger partial charge in [0.15, 0.2) is 6.10 Å². The first-order valence-corrected chi connectivity index (χ1v) is 9.18. The molecule has 0 aliphatic carbocycles.